The lowest BCUT2D eigenvalue weighted by Gasteiger charge is -2.18. The van der Waals surface area contributed by atoms with Crippen molar-refractivity contribution in [2.24, 2.45) is 0 Å². The Hall–Kier alpha value is -2.22. The lowest BCUT2D eigenvalue weighted by molar-refractivity contribution is 0.0953. The van der Waals surface area contributed by atoms with E-state index in [1.807, 2.05) is 0 Å². The van der Waals surface area contributed by atoms with Gasteiger partial charge in [-0.25, -0.2) is 12.8 Å². The number of hydrogen-bond acceptors (Lipinski definition) is 4. The molecule has 1 unspecified atom stereocenters. The number of nitrogens with one attached hydrogen (secondary N) is 1. The number of aryl methyl sites for hydroxylation is 1. The highest BCUT2D eigenvalue weighted by molar-refractivity contribution is 7.91. The van der Waals surface area contributed by atoms with Gasteiger partial charge in [-0.2, -0.15) is 0 Å². The molecule has 1 aromatic heterocycles. The van der Waals surface area contributed by atoms with Crippen LogP contribution in [-0.4, -0.2) is 20.9 Å². The summed E-state index contributed by atoms with van der Waals surface area (Å²) >= 11 is 7.11. The summed E-state index contributed by atoms with van der Waals surface area (Å²) in [6, 6.07) is 13.5. The van der Waals surface area contributed by atoms with Crippen LogP contribution in [0, 0.1) is 12.7 Å². The molecule has 2 aromatic carbocycles. The molecule has 0 saturated heterocycles. The second-order valence-electron chi connectivity index (χ2n) is 6.18. The first-order valence-electron chi connectivity index (χ1n) is 8.36. The molecule has 1 amide bonds. The summed E-state index contributed by atoms with van der Waals surface area (Å²) in [5, 5.41) is 3.98. The summed E-state index contributed by atoms with van der Waals surface area (Å²) < 4.78 is 40.0. The zero-order valence-corrected chi connectivity index (χ0v) is 17.2. The minimum atomic E-state index is -3.84. The number of carbonyl (C=O) groups is 1. The van der Waals surface area contributed by atoms with Gasteiger partial charge in [0.1, 0.15) is 11.1 Å². The summed E-state index contributed by atoms with van der Waals surface area (Å²) in [6.45, 7) is 1.40. The Balaban J connectivity index is 1.88. The third kappa shape index (κ3) is 4.43. The summed E-state index contributed by atoms with van der Waals surface area (Å²) in [5.74, 6) is -0.869. The number of halogens is 2. The van der Waals surface area contributed by atoms with Gasteiger partial charge in [0.25, 0.3) is 5.91 Å². The molecule has 28 heavy (non-hydrogen) atoms. The highest BCUT2D eigenvalue weighted by atomic mass is 35.5. The molecular weight excluding hydrogens is 421 g/mol. The number of amides is 1. The van der Waals surface area contributed by atoms with E-state index in [0.717, 1.165) is 6.07 Å². The van der Waals surface area contributed by atoms with Crippen molar-refractivity contribution in [2.75, 3.05) is 6.54 Å². The van der Waals surface area contributed by atoms with E-state index in [0.29, 0.717) is 15.5 Å². The molecule has 0 saturated carbocycles. The normalized spacial score (nSPS) is 12.5. The van der Waals surface area contributed by atoms with Crippen LogP contribution in [0.25, 0.3) is 0 Å². The van der Waals surface area contributed by atoms with Crippen LogP contribution in [0.5, 0.6) is 0 Å². The van der Waals surface area contributed by atoms with Gasteiger partial charge in [0.05, 0.1) is 4.90 Å². The average molecular weight is 438 g/mol. The Kier molecular flexibility index (Phi) is 6.17. The highest BCUT2D eigenvalue weighted by Crippen LogP contribution is 2.32. The number of carbonyl (C=O) groups excluding carboxylic acids is 1. The molecule has 4 nitrogen and oxygen atoms in total. The van der Waals surface area contributed by atoms with Gasteiger partial charge in [-0.05, 0) is 66.4 Å². The van der Waals surface area contributed by atoms with E-state index in [1.165, 1.54) is 30.4 Å². The van der Waals surface area contributed by atoms with Gasteiger partial charge in [0.2, 0.25) is 0 Å². The minimum Gasteiger partial charge on any atom is -0.350 e. The molecule has 0 fully saturated rings. The van der Waals surface area contributed by atoms with Crippen LogP contribution >= 0.6 is 22.9 Å². The third-order valence-corrected chi connectivity index (χ3v) is 7.72. The van der Waals surface area contributed by atoms with Crippen molar-refractivity contribution in [2.45, 2.75) is 17.1 Å². The van der Waals surface area contributed by atoms with E-state index >= 15 is 0 Å². The van der Waals surface area contributed by atoms with Crippen LogP contribution in [0.1, 0.15) is 26.0 Å². The molecule has 3 aromatic rings. The first-order chi connectivity index (χ1) is 13.3. The van der Waals surface area contributed by atoms with E-state index < -0.39 is 26.8 Å². The van der Waals surface area contributed by atoms with Gasteiger partial charge < -0.3 is 5.32 Å². The van der Waals surface area contributed by atoms with E-state index in [1.54, 1.807) is 41.8 Å². The molecule has 0 spiro atoms. The van der Waals surface area contributed by atoms with Gasteiger partial charge in [-0.1, -0.05) is 17.7 Å². The second kappa shape index (κ2) is 8.43. The first-order valence-corrected chi connectivity index (χ1v) is 11.2. The molecule has 1 atom stereocenters. The van der Waals surface area contributed by atoms with Crippen molar-refractivity contribution in [3.63, 3.8) is 0 Å². The van der Waals surface area contributed by atoms with Gasteiger partial charge in [0.15, 0.2) is 9.84 Å². The Morgan fingerprint density at radius 2 is 1.89 bits per heavy atom. The molecule has 8 heteroatoms. The van der Waals surface area contributed by atoms with Crippen LogP contribution in [-0.2, 0) is 9.84 Å². The number of thiophene rings is 1. The van der Waals surface area contributed by atoms with Crippen molar-refractivity contribution in [3.05, 3.63) is 86.8 Å². The quantitative estimate of drug-likeness (QED) is 0.564. The van der Waals surface area contributed by atoms with Crippen molar-refractivity contribution < 1.29 is 17.6 Å². The van der Waals surface area contributed by atoms with Crippen LogP contribution in [0.2, 0.25) is 5.02 Å². The van der Waals surface area contributed by atoms with Crippen LogP contribution in [0.3, 0.4) is 0 Å². The minimum absolute atomic E-state index is 0.0190. The summed E-state index contributed by atoms with van der Waals surface area (Å²) in [4.78, 5) is 13.0. The predicted molar refractivity (Wildman–Crippen MR) is 109 cm³/mol. The maximum absolute atomic E-state index is 13.6. The highest BCUT2D eigenvalue weighted by Gasteiger charge is 2.31. The lowest BCUT2D eigenvalue weighted by Crippen LogP contribution is -2.31. The fourth-order valence-electron chi connectivity index (χ4n) is 2.68. The standard InChI is InChI=1S/C20H17ClFNO3S2/c1-13-11-16(8-9-17(13)22)28(25,26)19(18-3-2-10-27-18)12-23-20(24)14-4-6-15(21)7-5-14/h2-11,19H,12H2,1H3,(H,23,24). The number of rotatable bonds is 6. The number of hydrogen-bond donors (Lipinski definition) is 1. The SMILES string of the molecule is Cc1cc(S(=O)(=O)C(CNC(=O)c2ccc(Cl)cc2)c2cccs2)ccc1F. The molecule has 0 bridgehead atoms. The zero-order chi connectivity index (χ0) is 20.3. The Morgan fingerprint density at radius 3 is 2.50 bits per heavy atom. The largest absolute Gasteiger partial charge is 0.350 e. The zero-order valence-electron chi connectivity index (χ0n) is 14.9. The van der Waals surface area contributed by atoms with Crippen molar-refractivity contribution in [3.8, 4) is 0 Å². The van der Waals surface area contributed by atoms with E-state index in [4.69, 9.17) is 11.6 Å². The molecular formula is C20H17ClFNO3S2. The molecule has 146 valence electrons. The number of sulfone groups is 1. The van der Waals surface area contributed by atoms with Gasteiger partial charge >= 0.3 is 0 Å². The second-order valence-corrected chi connectivity index (χ2v) is 9.72. The fourth-order valence-corrected chi connectivity index (χ4v) is 5.68. The van der Waals surface area contributed by atoms with Crippen LogP contribution in [0.4, 0.5) is 4.39 Å². The maximum atomic E-state index is 13.6. The van der Waals surface area contributed by atoms with E-state index in [9.17, 15) is 17.6 Å². The summed E-state index contributed by atoms with van der Waals surface area (Å²) in [5.41, 5.74) is 0.626. The fraction of sp³-hybridized carbons (Fsp3) is 0.150. The molecule has 0 aliphatic carbocycles. The molecule has 1 heterocycles. The summed E-state index contributed by atoms with van der Waals surface area (Å²) in [7, 11) is -3.84. The molecule has 0 radical (unpaired) electrons. The smallest absolute Gasteiger partial charge is 0.251 e. The van der Waals surface area contributed by atoms with Crippen LogP contribution < -0.4 is 5.32 Å². The van der Waals surface area contributed by atoms with E-state index in [-0.39, 0.29) is 17.0 Å². The Bertz CT molecular complexity index is 1080. The lowest BCUT2D eigenvalue weighted by atomic mass is 10.2. The Labute approximate surface area is 171 Å². The van der Waals surface area contributed by atoms with Gasteiger partial charge in [-0.15, -0.1) is 11.3 Å². The Morgan fingerprint density at radius 1 is 1.18 bits per heavy atom. The molecule has 1 N–H and O–H groups in total. The molecule has 0 aliphatic rings. The van der Waals surface area contributed by atoms with Crippen molar-refractivity contribution in [1.29, 1.82) is 0 Å². The predicted octanol–water partition coefficient (Wildman–Crippen LogP) is 4.79. The van der Waals surface area contributed by atoms with Crippen molar-refractivity contribution in [1.82, 2.24) is 5.32 Å². The third-order valence-electron chi connectivity index (χ3n) is 4.25. The monoisotopic (exact) mass is 437 g/mol. The molecule has 0 aliphatic heterocycles. The molecule has 3 rings (SSSR count). The topological polar surface area (TPSA) is 63.2 Å². The van der Waals surface area contributed by atoms with Crippen molar-refractivity contribution >= 4 is 38.7 Å². The maximum Gasteiger partial charge on any atom is 0.251 e. The van der Waals surface area contributed by atoms with Crippen LogP contribution in [0.15, 0.2) is 64.9 Å². The number of benzene rings is 2. The average Bonchev–Trinajstić information content (AvgIpc) is 3.18. The van der Waals surface area contributed by atoms with E-state index in [2.05, 4.69) is 5.32 Å². The van der Waals surface area contributed by atoms with Gasteiger partial charge in [-0.3, -0.25) is 4.79 Å². The van der Waals surface area contributed by atoms with Gasteiger partial charge in [0, 0.05) is 22.0 Å². The first kappa shape index (κ1) is 20.5. The summed E-state index contributed by atoms with van der Waals surface area (Å²) in [6.07, 6.45) is 0.